The van der Waals surface area contributed by atoms with E-state index in [2.05, 4.69) is 0 Å². The number of amides is 3. The summed E-state index contributed by atoms with van der Waals surface area (Å²) in [7, 11) is 0. The molecule has 0 radical (unpaired) electrons. The van der Waals surface area contributed by atoms with Gasteiger partial charge in [-0.25, -0.2) is 0 Å². The molecule has 0 bridgehead atoms. The average Bonchev–Trinajstić information content (AvgIpc) is 3.24. The van der Waals surface area contributed by atoms with Crippen LogP contribution in [-0.4, -0.2) is 70.0 Å². The van der Waals surface area contributed by atoms with E-state index in [9.17, 15) is 19.5 Å². The lowest BCUT2D eigenvalue weighted by atomic mass is 9.78. The van der Waals surface area contributed by atoms with E-state index < -0.39 is 22.6 Å². The van der Waals surface area contributed by atoms with Gasteiger partial charge in [-0.3, -0.25) is 14.4 Å². The number of rotatable bonds is 5. The molecule has 0 aromatic heterocycles. The van der Waals surface area contributed by atoms with Crippen molar-refractivity contribution in [2.75, 3.05) is 36.0 Å². The van der Waals surface area contributed by atoms with Crippen molar-refractivity contribution in [3.63, 3.8) is 0 Å². The quantitative estimate of drug-likeness (QED) is 0.559. The van der Waals surface area contributed by atoms with Gasteiger partial charge >= 0.3 is 0 Å². The number of para-hydroxylation sites is 2. The fraction of sp³-hybridized carbons (Fsp3) is 0.367. The number of anilines is 2. The first-order chi connectivity index (χ1) is 18.9. The van der Waals surface area contributed by atoms with Gasteiger partial charge in [-0.05, 0) is 37.1 Å². The molecule has 1 spiro atoms. The summed E-state index contributed by atoms with van der Waals surface area (Å²) in [6.45, 7) is 2.78. The van der Waals surface area contributed by atoms with Crippen LogP contribution < -0.4 is 9.80 Å². The van der Waals surface area contributed by atoms with E-state index in [1.807, 2.05) is 73.7 Å². The highest BCUT2D eigenvalue weighted by molar-refractivity contribution is 8.02. The largest absolute Gasteiger partial charge is 0.396 e. The van der Waals surface area contributed by atoms with E-state index in [4.69, 9.17) is 11.6 Å². The number of halogens is 1. The molecule has 9 heteroatoms. The minimum atomic E-state index is -0.914. The Labute approximate surface area is 237 Å². The van der Waals surface area contributed by atoms with Crippen molar-refractivity contribution in [1.82, 2.24) is 4.90 Å². The Morgan fingerprint density at radius 1 is 0.974 bits per heavy atom. The van der Waals surface area contributed by atoms with E-state index in [1.54, 1.807) is 32.5 Å². The summed E-state index contributed by atoms with van der Waals surface area (Å²) in [6, 6.07) is 14.2. The fourth-order valence-electron chi connectivity index (χ4n) is 6.62. The minimum Gasteiger partial charge on any atom is -0.396 e. The van der Waals surface area contributed by atoms with Crippen LogP contribution in [0.15, 0.2) is 72.8 Å². The van der Waals surface area contributed by atoms with Crippen LogP contribution in [0.1, 0.15) is 12.0 Å². The molecule has 4 aliphatic rings. The van der Waals surface area contributed by atoms with Gasteiger partial charge in [0.05, 0.1) is 27.3 Å². The van der Waals surface area contributed by atoms with Gasteiger partial charge in [0, 0.05) is 37.2 Å². The van der Waals surface area contributed by atoms with E-state index in [0.717, 1.165) is 11.3 Å². The Balaban J connectivity index is 1.45. The number of fused-ring (bicyclic) bond motifs is 2. The molecule has 7 nitrogen and oxygen atoms in total. The van der Waals surface area contributed by atoms with Crippen LogP contribution in [0.25, 0.3) is 0 Å². The van der Waals surface area contributed by atoms with Gasteiger partial charge < -0.3 is 19.8 Å². The molecule has 1 N–H and O–H groups in total. The maximum Gasteiger partial charge on any atom is 0.251 e. The number of benzene rings is 2. The minimum absolute atomic E-state index is 0.103. The molecule has 0 aliphatic carbocycles. The van der Waals surface area contributed by atoms with Crippen LogP contribution in [-0.2, 0) is 14.4 Å². The van der Waals surface area contributed by atoms with Crippen LogP contribution in [0.2, 0.25) is 5.02 Å². The third-order valence-electron chi connectivity index (χ3n) is 8.24. The zero-order valence-corrected chi connectivity index (χ0v) is 23.1. The lowest BCUT2D eigenvalue weighted by Gasteiger charge is -2.35. The standard InChI is InChI=1S/C30H30ClN3O4S/c1-19-9-5-12-21(31)25(19)33-16-7-14-30-24(28(37)34(17-8-18-35)26(30)29(33)38)23-22(39-30)13-6-15-32(27(23)36)20-10-3-2-4-11-20/h2-7,9-14,22-24,26,35H,8,15-18H2,1H3/t22-,23+,24-,26?,30-/m0/s1. The number of likely N-dealkylation sites (tertiary alicyclic amines) is 1. The number of hydrogen-bond donors (Lipinski definition) is 1. The Bertz CT molecular complexity index is 1360. The highest BCUT2D eigenvalue weighted by Gasteiger charge is 2.71. The molecule has 4 aliphatic heterocycles. The van der Waals surface area contributed by atoms with Gasteiger partial charge in [-0.2, -0.15) is 0 Å². The third kappa shape index (κ3) is 4.03. The summed E-state index contributed by atoms with van der Waals surface area (Å²) in [5, 5.41) is 9.85. The Morgan fingerprint density at radius 3 is 2.49 bits per heavy atom. The number of aliphatic hydroxyl groups is 1. The Morgan fingerprint density at radius 2 is 1.74 bits per heavy atom. The van der Waals surface area contributed by atoms with Crippen molar-refractivity contribution >= 4 is 52.5 Å². The van der Waals surface area contributed by atoms with Crippen molar-refractivity contribution in [3.05, 3.63) is 83.4 Å². The highest BCUT2D eigenvalue weighted by Crippen LogP contribution is 2.61. The maximum atomic E-state index is 14.5. The van der Waals surface area contributed by atoms with Crippen molar-refractivity contribution in [2.45, 2.75) is 29.4 Å². The van der Waals surface area contributed by atoms with E-state index in [0.29, 0.717) is 30.2 Å². The van der Waals surface area contributed by atoms with Crippen LogP contribution in [0.4, 0.5) is 11.4 Å². The first-order valence-electron chi connectivity index (χ1n) is 13.3. The zero-order valence-electron chi connectivity index (χ0n) is 21.6. The average molecular weight is 564 g/mol. The Hall–Kier alpha value is -3.07. The van der Waals surface area contributed by atoms with Gasteiger partial charge in [-0.15, -0.1) is 11.8 Å². The molecule has 39 heavy (non-hydrogen) atoms. The van der Waals surface area contributed by atoms with Gasteiger partial charge in [0.25, 0.3) is 5.91 Å². The van der Waals surface area contributed by atoms with E-state index >= 15 is 0 Å². The second kappa shape index (κ2) is 10.2. The third-order valence-corrected chi connectivity index (χ3v) is 10.3. The predicted molar refractivity (Wildman–Crippen MR) is 154 cm³/mol. The van der Waals surface area contributed by atoms with Gasteiger partial charge in [0.1, 0.15) is 6.04 Å². The zero-order chi connectivity index (χ0) is 27.3. The highest BCUT2D eigenvalue weighted by atomic mass is 35.5. The van der Waals surface area contributed by atoms with Gasteiger partial charge in [-0.1, -0.05) is 66.2 Å². The van der Waals surface area contributed by atoms with Crippen LogP contribution in [0.5, 0.6) is 0 Å². The Kier molecular flexibility index (Phi) is 6.81. The summed E-state index contributed by atoms with van der Waals surface area (Å²) in [6.07, 6.45) is 8.31. The molecular weight excluding hydrogens is 534 g/mol. The molecule has 2 aromatic carbocycles. The predicted octanol–water partition coefficient (Wildman–Crippen LogP) is 3.83. The SMILES string of the molecule is Cc1cccc(Cl)c1N1CC=C[C@]23S[C@H]4C=CCN(c5ccccc5)C(=O)[C@H]4[C@H]2C(=O)N(CCCO)C3C1=O. The fourth-order valence-corrected chi connectivity index (χ4v) is 8.95. The molecule has 6 rings (SSSR count). The van der Waals surface area contributed by atoms with Crippen LogP contribution >= 0.6 is 23.4 Å². The topological polar surface area (TPSA) is 81.2 Å². The van der Waals surface area contributed by atoms with E-state index in [1.165, 1.54) is 0 Å². The van der Waals surface area contributed by atoms with E-state index in [-0.39, 0.29) is 36.1 Å². The summed E-state index contributed by atoms with van der Waals surface area (Å²) in [4.78, 5) is 47.9. The maximum absolute atomic E-state index is 14.5. The summed E-state index contributed by atoms with van der Waals surface area (Å²) in [5.74, 6) is -1.85. The first-order valence-corrected chi connectivity index (χ1v) is 14.5. The van der Waals surface area contributed by atoms with Crippen LogP contribution in [0.3, 0.4) is 0 Å². The molecule has 2 fully saturated rings. The molecular formula is C30H30ClN3O4S. The number of carbonyl (C=O) groups excluding carboxylic acids is 3. The normalized spacial score (nSPS) is 29.8. The molecule has 5 atom stereocenters. The summed E-state index contributed by atoms with van der Waals surface area (Å²) < 4.78 is -0.914. The van der Waals surface area contributed by atoms with Crippen molar-refractivity contribution in [1.29, 1.82) is 0 Å². The molecule has 1 unspecified atom stereocenters. The number of aryl methyl sites for hydroxylation is 1. The van der Waals surface area contributed by atoms with Crippen molar-refractivity contribution in [2.24, 2.45) is 11.8 Å². The molecule has 0 saturated carbocycles. The molecule has 4 heterocycles. The molecule has 3 amide bonds. The molecule has 202 valence electrons. The molecule has 2 aromatic rings. The molecule has 2 saturated heterocycles. The van der Waals surface area contributed by atoms with Crippen molar-refractivity contribution < 1.29 is 19.5 Å². The first kappa shape index (κ1) is 26.2. The lowest BCUT2D eigenvalue weighted by molar-refractivity contribution is -0.138. The van der Waals surface area contributed by atoms with Gasteiger partial charge in [0.2, 0.25) is 11.8 Å². The monoisotopic (exact) mass is 563 g/mol. The van der Waals surface area contributed by atoms with Crippen LogP contribution in [0, 0.1) is 18.8 Å². The number of nitrogens with zero attached hydrogens (tertiary/aromatic N) is 3. The lowest BCUT2D eigenvalue weighted by Crippen LogP contribution is -2.53. The second-order valence-electron chi connectivity index (χ2n) is 10.4. The number of carbonyl (C=O) groups is 3. The second-order valence-corrected chi connectivity index (χ2v) is 12.3. The number of aliphatic hydroxyl groups excluding tert-OH is 1. The number of thioether (sulfide) groups is 1. The number of hydrogen-bond acceptors (Lipinski definition) is 5. The summed E-state index contributed by atoms with van der Waals surface area (Å²) >= 11 is 8.15. The smallest absolute Gasteiger partial charge is 0.251 e. The van der Waals surface area contributed by atoms with Gasteiger partial charge in [0.15, 0.2) is 0 Å². The van der Waals surface area contributed by atoms with Crippen molar-refractivity contribution in [3.8, 4) is 0 Å². The summed E-state index contributed by atoms with van der Waals surface area (Å²) in [5.41, 5.74) is 2.28.